The molecule has 0 amide bonds. The topological polar surface area (TPSA) is 82.3 Å². The van der Waals surface area contributed by atoms with E-state index < -0.39 is 0 Å². The molecule has 0 fully saturated rings. The van der Waals surface area contributed by atoms with E-state index in [1.54, 1.807) is 26.4 Å². The third-order valence-corrected chi connectivity index (χ3v) is 2.78. The lowest BCUT2D eigenvalue weighted by atomic mass is 10.2. The number of nitrogens with zero attached hydrogens (tertiary/aromatic N) is 2. The van der Waals surface area contributed by atoms with Crippen molar-refractivity contribution in [1.82, 2.24) is 9.97 Å². The second kappa shape index (κ2) is 6.10. The molecule has 0 aliphatic heterocycles. The fourth-order valence-electron chi connectivity index (χ4n) is 1.78. The molecule has 0 saturated carbocycles. The van der Waals surface area contributed by atoms with E-state index in [0.717, 1.165) is 17.9 Å². The van der Waals surface area contributed by atoms with Crippen LogP contribution in [0.3, 0.4) is 0 Å². The standard InChI is InChI=1S/C14H18N4O2/c1-4-13-17-12(15)8-14(18-13)16-10-6-5-9(19-2)7-11(10)20-3/h5-8H,4H2,1-3H3,(H3,15,16,17,18). The van der Waals surface area contributed by atoms with Gasteiger partial charge in [0, 0.05) is 18.6 Å². The Balaban J connectivity index is 2.31. The molecular weight excluding hydrogens is 256 g/mol. The van der Waals surface area contributed by atoms with Crippen LogP contribution in [0, 0.1) is 0 Å². The highest BCUT2D eigenvalue weighted by Crippen LogP contribution is 2.31. The predicted molar refractivity (Wildman–Crippen MR) is 78.7 cm³/mol. The average molecular weight is 274 g/mol. The van der Waals surface area contributed by atoms with Crippen molar-refractivity contribution in [2.75, 3.05) is 25.3 Å². The smallest absolute Gasteiger partial charge is 0.146 e. The quantitative estimate of drug-likeness (QED) is 0.871. The molecular formula is C14H18N4O2. The van der Waals surface area contributed by atoms with Crippen molar-refractivity contribution in [3.63, 3.8) is 0 Å². The summed E-state index contributed by atoms with van der Waals surface area (Å²) in [6.45, 7) is 1.98. The number of nitrogens with one attached hydrogen (secondary N) is 1. The van der Waals surface area contributed by atoms with Gasteiger partial charge in [-0.05, 0) is 12.1 Å². The molecule has 0 aliphatic carbocycles. The summed E-state index contributed by atoms with van der Waals surface area (Å²) < 4.78 is 10.5. The summed E-state index contributed by atoms with van der Waals surface area (Å²) in [6.07, 6.45) is 0.722. The Hall–Kier alpha value is -2.50. The van der Waals surface area contributed by atoms with Gasteiger partial charge in [0.1, 0.15) is 29.0 Å². The van der Waals surface area contributed by atoms with Crippen LogP contribution in [0.2, 0.25) is 0 Å². The zero-order chi connectivity index (χ0) is 14.5. The minimum absolute atomic E-state index is 0.437. The van der Waals surface area contributed by atoms with E-state index in [9.17, 15) is 0 Å². The molecule has 3 N–H and O–H groups in total. The van der Waals surface area contributed by atoms with E-state index in [1.807, 2.05) is 19.1 Å². The first kappa shape index (κ1) is 13.9. The molecule has 2 rings (SSSR count). The maximum atomic E-state index is 5.76. The van der Waals surface area contributed by atoms with Gasteiger partial charge < -0.3 is 20.5 Å². The van der Waals surface area contributed by atoms with Crippen molar-refractivity contribution in [1.29, 1.82) is 0 Å². The van der Waals surface area contributed by atoms with Crippen LogP contribution < -0.4 is 20.5 Å². The number of methoxy groups -OCH3 is 2. The van der Waals surface area contributed by atoms with Crippen LogP contribution >= 0.6 is 0 Å². The summed E-state index contributed by atoms with van der Waals surface area (Å²) in [6, 6.07) is 7.19. The van der Waals surface area contributed by atoms with Crippen molar-refractivity contribution in [3.05, 3.63) is 30.1 Å². The minimum Gasteiger partial charge on any atom is -0.497 e. The van der Waals surface area contributed by atoms with E-state index in [4.69, 9.17) is 15.2 Å². The summed E-state index contributed by atoms with van der Waals surface area (Å²) in [5.74, 6) is 3.16. The molecule has 0 unspecified atom stereocenters. The lowest BCUT2D eigenvalue weighted by molar-refractivity contribution is 0.395. The van der Waals surface area contributed by atoms with Crippen LogP contribution in [0.4, 0.5) is 17.3 Å². The number of anilines is 3. The van der Waals surface area contributed by atoms with Gasteiger partial charge in [0.25, 0.3) is 0 Å². The maximum Gasteiger partial charge on any atom is 0.146 e. The van der Waals surface area contributed by atoms with Crippen molar-refractivity contribution in [2.24, 2.45) is 0 Å². The molecule has 0 bridgehead atoms. The highest BCUT2D eigenvalue weighted by molar-refractivity contribution is 5.66. The normalized spacial score (nSPS) is 10.2. The molecule has 2 aromatic rings. The van der Waals surface area contributed by atoms with E-state index in [-0.39, 0.29) is 0 Å². The first-order chi connectivity index (χ1) is 9.66. The fourth-order valence-corrected chi connectivity index (χ4v) is 1.78. The van der Waals surface area contributed by atoms with Crippen LogP contribution in [0.5, 0.6) is 11.5 Å². The number of rotatable bonds is 5. The number of nitrogen functional groups attached to an aromatic ring is 1. The van der Waals surface area contributed by atoms with E-state index in [1.165, 1.54) is 0 Å². The van der Waals surface area contributed by atoms with E-state index >= 15 is 0 Å². The summed E-state index contributed by atoms with van der Waals surface area (Å²) in [5.41, 5.74) is 6.55. The Bertz CT molecular complexity index is 602. The van der Waals surface area contributed by atoms with E-state index in [2.05, 4.69) is 15.3 Å². The summed E-state index contributed by atoms with van der Waals surface area (Å²) >= 11 is 0. The SMILES string of the molecule is CCc1nc(N)cc(Nc2ccc(OC)cc2OC)n1. The van der Waals surface area contributed by atoms with Gasteiger partial charge in [-0.1, -0.05) is 6.92 Å². The molecule has 0 radical (unpaired) electrons. The third kappa shape index (κ3) is 3.09. The maximum absolute atomic E-state index is 5.76. The number of benzene rings is 1. The van der Waals surface area contributed by atoms with E-state index in [0.29, 0.717) is 23.2 Å². The van der Waals surface area contributed by atoms with Crippen LogP contribution in [0.25, 0.3) is 0 Å². The van der Waals surface area contributed by atoms with Gasteiger partial charge in [0.05, 0.1) is 19.9 Å². The lowest BCUT2D eigenvalue weighted by Crippen LogP contribution is -2.03. The number of nitrogens with two attached hydrogens (primary N) is 1. The largest absolute Gasteiger partial charge is 0.497 e. The third-order valence-electron chi connectivity index (χ3n) is 2.78. The molecule has 0 spiro atoms. The molecule has 0 aliphatic rings. The van der Waals surface area contributed by atoms with Gasteiger partial charge in [-0.15, -0.1) is 0 Å². The Morgan fingerprint density at radius 2 is 1.95 bits per heavy atom. The number of aromatic nitrogens is 2. The Labute approximate surface area is 118 Å². The fraction of sp³-hybridized carbons (Fsp3) is 0.286. The van der Waals surface area contributed by atoms with Gasteiger partial charge in [0.2, 0.25) is 0 Å². The van der Waals surface area contributed by atoms with Gasteiger partial charge in [-0.25, -0.2) is 9.97 Å². The van der Waals surface area contributed by atoms with Crippen molar-refractivity contribution < 1.29 is 9.47 Å². The highest BCUT2D eigenvalue weighted by Gasteiger charge is 2.07. The first-order valence-corrected chi connectivity index (χ1v) is 6.28. The molecule has 20 heavy (non-hydrogen) atoms. The van der Waals surface area contributed by atoms with Gasteiger partial charge >= 0.3 is 0 Å². The lowest BCUT2D eigenvalue weighted by Gasteiger charge is -2.12. The molecule has 1 heterocycles. The molecule has 0 atom stereocenters. The van der Waals surface area contributed by atoms with Gasteiger partial charge in [-0.3, -0.25) is 0 Å². The number of hydrogen-bond acceptors (Lipinski definition) is 6. The van der Waals surface area contributed by atoms with Crippen LogP contribution in [-0.4, -0.2) is 24.2 Å². The number of hydrogen-bond donors (Lipinski definition) is 2. The Morgan fingerprint density at radius 3 is 2.60 bits per heavy atom. The summed E-state index contributed by atoms with van der Waals surface area (Å²) in [5, 5.41) is 3.18. The first-order valence-electron chi connectivity index (χ1n) is 6.28. The Kier molecular flexibility index (Phi) is 4.24. The van der Waals surface area contributed by atoms with Crippen LogP contribution in [0.1, 0.15) is 12.7 Å². The number of aryl methyl sites for hydroxylation is 1. The highest BCUT2D eigenvalue weighted by atomic mass is 16.5. The summed E-state index contributed by atoms with van der Waals surface area (Å²) in [7, 11) is 3.21. The predicted octanol–water partition coefficient (Wildman–Crippen LogP) is 2.38. The van der Waals surface area contributed by atoms with Gasteiger partial charge in [-0.2, -0.15) is 0 Å². The van der Waals surface area contributed by atoms with Crippen molar-refractivity contribution >= 4 is 17.3 Å². The minimum atomic E-state index is 0.437. The number of ether oxygens (including phenoxy) is 2. The van der Waals surface area contributed by atoms with Crippen molar-refractivity contribution in [3.8, 4) is 11.5 Å². The second-order valence-corrected chi connectivity index (χ2v) is 4.14. The average Bonchev–Trinajstić information content (AvgIpc) is 2.47. The molecule has 0 saturated heterocycles. The molecule has 106 valence electrons. The molecule has 1 aromatic heterocycles. The molecule has 1 aromatic carbocycles. The monoisotopic (exact) mass is 274 g/mol. The molecule has 6 heteroatoms. The zero-order valence-electron chi connectivity index (χ0n) is 11.8. The van der Waals surface area contributed by atoms with Crippen molar-refractivity contribution in [2.45, 2.75) is 13.3 Å². The van der Waals surface area contributed by atoms with Crippen LogP contribution in [-0.2, 0) is 6.42 Å². The summed E-state index contributed by atoms with van der Waals surface area (Å²) in [4.78, 5) is 8.52. The van der Waals surface area contributed by atoms with Gasteiger partial charge in [0.15, 0.2) is 0 Å². The second-order valence-electron chi connectivity index (χ2n) is 4.14. The Morgan fingerprint density at radius 1 is 1.15 bits per heavy atom. The van der Waals surface area contributed by atoms with Crippen LogP contribution in [0.15, 0.2) is 24.3 Å². The zero-order valence-corrected chi connectivity index (χ0v) is 11.8. The molecule has 6 nitrogen and oxygen atoms in total.